The monoisotopic (exact) mass is 261 g/mol. The van der Waals surface area contributed by atoms with Gasteiger partial charge in [-0.05, 0) is 51.1 Å². The number of aryl methyl sites for hydroxylation is 1. The molecule has 0 aromatic heterocycles. The zero-order valence-electron chi connectivity index (χ0n) is 12.5. The van der Waals surface area contributed by atoms with Gasteiger partial charge in [0.1, 0.15) is 0 Å². The van der Waals surface area contributed by atoms with Crippen molar-refractivity contribution in [2.24, 2.45) is 5.73 Å². The lowest BCUT2D eigenvalue weighted by Crippen LogP contribution is -2.57. The molecule has 2 atom stereocenters. The third kappa shape index (κ3) is 3.28. The van der Waals surface area contributed by atoms with Crippen molar-refractivity contribution >= 4 is 5.69 Å². The first kappa shape index (κ1) is 14.4. The van der Waals surface area contributed by atoms with E-state index in [9.17, 15) is 0 Å². The number of likely N-dealkylation sites (N-methyl/N-ethyl adjacent to an activating group) is 1. The zero-order chi connectivity index (χ0) is 13.8. The molecule has 0 spiro atoms. The molecule has 0 aliphatic carbocycles. The maximum atomic E-state index is 5.79. The Labute approximate surface area is 117 Å². The van der Waals surface area contributed by atoms with Crippen molar-refractivity contribution in [3.05, 3.63) is 29.8 Å². The third-order valence-corrected chi connectivity index (χ3v) is 4.11. The number of rotatable bonds is 4. The lowest BCUT2D eigenvalue weighted by atomic mass is 10.0. The standard InChI is InChI=1S/C16H27N3/c1-4-14-5-7-15(8-6-14)19-13(2)11-18(3)12-16(19)9-10-17/h5-8,13,16H,4,9-12,17H2,1-3H3. The predicted octanol–water partition coefficient (Wildman–Crippen LogP) is 2.11. The molecule has 1 aliphatic heterocycles. The number of piperazine rings is 1. The van der Waals surface area contributed by atoms with Crippen LogP contribution in [-0.2, 0) is 6.42 Å². The maximum Gasteiger partial charge on any atom is 0.0432 e. The lowest BCUT2D eigenvalue weighted by molar-refractivity contribution is 0.227. The van der Waals surface area contributed by atoms with Crippen molar-refractivity contribution in [1.82, 2.24) is 4.90 Å². The quantitative estimate of drug-likeness (QED) is 0.901. The minimum Gasteiger partial charge on any atom is -0.363 e. The highest BCUT2D eigenvalue weighted by molar-refractivity contribution is 5.50. The van der Waals surface area contributed by atoms with Crippen LogP contribution in [0.3, 0.4) is 0 Å². The Kier molecular flexibility index (Phi) is 4.83. The van der Waals surface area contributed by atoms with Crippen molar-refractivity contribution in [3.8, 4) is 0 Å². The highest BCUT2D eigenvalue weighted by Crippen LogP contribution is 2.26. The van der Waals surface area contributed by atoms with Crippen LogP contribution in [0.5, 0.6) is 0 Å². The van der Waals surface area contributed by atoms with E-state index in [2.05, 4.69) is 55.0 Å². The molecule has 106 valence electrons. The molecule has 1 saturated heterocycles. The molecule has 2 rings (SSSR count). The topological polar surface area (TPSA) is 32.5 Å². The van der Waals surface area contributed by atoms with Crippen LogP contribution < -0.4 is 10.6 Å². The van der Waals surface area contributed by atoms with Crippen LogP contribution >= 0.6 is 0 Å². The van der Waals surface area contributed by atoms with E-state index >= 15 is 0 Å². The fraction of sp³-hybridized carbons (Fsp3) is 0.625. The lowest BCUT2D eigenvalue weighted by Gasteiger charge is -2.46. The second-order valence-electron chi connectivity index (χ2n) is 5.73. The minimum absolute atomic E-state index is 0.534. The molecule has 0 saturated carbocycles. The Bertz CT molecular complexity index is 387. The molecule has 0 amide bonds. The molecule has 2 unspecified atom stereocenters. The molecule has 2 N–H and O–H groups in total. The molecule has 19 heavy (non-hydrogen) atoms. The molecular weight excluding hydrogens is 234 g/mol. The van der Waals surface area contributed by atoms with Crippen LogP contribution in [-0.4, -0.2) is 43.7 Å². The molecule has 3 heteroatoms. The van der Waals surface area contributed by atoms with E-state index in [-0.39, 0.29) is 0 Å². The van der Waals surface area contributed by atoms with Gasteiger partial charge in [0.25, 0.3) is 0 Å². The molecule has 1 heterocycles. The molecule has 1 fully saturated rings. The van der Waals surface area contributed by atoms with Gasteiger partial charge in [-0.25, -0.2) is 0 Å². The molecule has 1 aliphatic rings. The first-order valence-corrected chi connectivity index (χ1v) is 7.41. The first-order valence-electron chi connectivity index (χ1n) is 7.41. The van der Waals surface area contributed by atoms with Crippen LogP contribution in [0.25, 0.3) is 0 Å². The Balaban J connectivity index is 2.21. The third-order valence-electron chi connectivity index (χ3n) is 4.11. The number of nitrogens with two attached hydrogens (primary N) is 1. The van der Waals surface area contributed by atoms with E-state index < -0.39 is 0 Å². The van der Waals surface area contributed by atoms with E-state index in [1.807, 2.05) is 0 Å². The fourth-order valence-corrected chi connectivity index (χ4v) is 3.21. The average Bonchev–Trinajstić information content (AvgIpc) is 2.39. The second kappa shape index (κ2) is 6.40. The van der Waals surface area contributed by atoms with Gasteiger partial charge in [0.15, 0.2) is 0 Å². The van der Waals surface area contributed by atoms with Gasteiger partial charge < -0.3 is 15.5 Å². The van der Waals surface area contributed by atoms with Gasteiger partial charge >= 0.3 is 0 Å². The summed E-state index contributed by atoms with van der Waals surface area (Å²) in [6.07, 6.45) is 2.16. The molecule has 0 bridgehead atoms. The molecular formula is C16H27N3. The van der Waals surface area contributed by atoms with Crippen LogP contribution in [0.15, 0.2) is 24.3 Å². The van der Waals surface area contributed by atoms with Crippen molar-refractivity contribution in [2.45, 2.75) is 38.8 Å². The van der Waals surface area contributed by atoms with Gasteiger partial charge in [0.2, 0.25) is 0 Å². The summed E-state index contributed by atoms with van der Waals surface area (Å²) < 4.78 is 0. The largest absolute Gasteiger partial charge is 0.363 e. The van der Waals surface area contributed by atoms with Gasteiger partial charge in [0.05, 0.1) is 0 Å². The van der Waals surface area contributed by atoms with Crippen LogP contribution in [0.4, 0.5) is 5.69 Å². The maximum absolute atomic E-state index is 5.79. The average molecular weight is 261 g/mol. The number of hydrogen-bond acceptors (Lipinski definition) is 3. The van der Waals surface area contributed by atoms with Crippen LogP contribution in [0, 0.1) is 0 Å². The van der Waals surface area contributed by atoms with E-state index in [1.54, 1.807) is 0 Å². The highest BCUT2D eigenvalue weighted by atomic mass is 15.3. The number of anilines is 1. The van der Waals surface area contributed by atoms with E-state index in [4.69, 9.17) is 5.73 Å². The van der Waals surface area contributed by atoms with E-state index in [0.29, 0.717) is 12.1 Å². The van der Waals surface area contributed by atoms with E-state index in [0.717, 1.165) is 32.5 Å². The number of nitrogens with zero attached hydrogens (tertiary/aromatic N) is 2. The summed E-state index contributed by atoms with van der Waals surface area (Å²) in [4.78, 5) is 4.98. The first-order chi connectivity index (χ1) is 9.15. The summed E-state index contributed by atoms with van der Waals surface area (Å²) in [5.74, 6) is 0. The fourth-order valence-electron chi connectivity index (χ4n) is 3.21. The van der Waals surface area contributed by atoms with Gasteiger partial charge in [0, 0.05) is 30.9 Å². The molecule has 1 aromatic carbocycles. The summed E-state index contributed by atoms with van der Waals surface area (Å²) in [6.45, 7) is 7.50. The van der Waals surface area contributed by atoms with Gasteiger partial charge in [-0.2, -0.15) is 0 Å². The Morgan fingerprint density at radius 2 is 1.89 bits per heavy atom. The smallest absolute Gasteiger partial charge is 0.0432 e. The van der Waals surface area contributed by atoms with Crippen LogP contribution in [0.1, 0.15) is 25.8 Å². The summed E-state index contributed by atoms with van der Waals surface area (Å²) in [5, 5.41) is 0. The van der Waals surface area contributed by atoms with Crippen molar-refractivity contribution < 1.29 is 0 Å². The van der Waals surface area contributed by atoms with E-state index in [1.165, 1.54) is 11.3 Å². The predicted molar refractivity (Wildman–Crippen MR) is 82.7 cm³/mol. The molecule has 1 aromatic rings. The van der Waals surface area contributed by atoms with Crippen LogP contribution in [0.2, 0.25) is 0 Å². The van der Waals surface area contributed by atoms with Crippen molar-refractivity contribution in [2.75, 3.05) is 31.6 Å². The van der Waals surface area contributed by atoms with Crippen molar-refractivity contribution in [3.63, 3.8) is 0 Å². The Morgan fingerprint density at radius 1 is 1.21 bits per heavy atom. The van der Waals surface area contributed by atoms with Gasteiger partial charge in [-0.15, -0.1) is 0 Å². The van der Waals surface area contributed by atoms with Gasteiger partial charge in [-0.3, -0.25) is 0 Å². The SMILES string of the molecule is CCc1ccc(N2C(C)CN(C)CC2CCN)cc1. The highest BCUT2D eigenvalue weighted by Gasteiger charge is 2.29. The summed E-state index contributed by atoms with van der Waals surface area (Å²) in [5.41, 5.74) is 8.54. The van der Waals surface area contributed by atoms with Crippen molar-refractivity contribution in [1.29, 1.82) is 0 Å². The minimum atomic E-state index is 0.534. The number of hydrogen-bond donors (Lipinski definition) is 1. The molecule has 3 nitrogen and oxygen atoms in total. The molecule has 0 radical (unpaired) electrons. The zero-order valence-corrected chi connectivity index (χ0v) is 12.5. The normalized spacial score (nSPS) is 24.7. The summed E-state index contributed by atoms with van der Waals surface area (Å²) in [7, 11) is 2.21. The Hall–Kier alpha value is -1.06. The summed E-state index contributed by atoms with van der Waals surface area (Å²) in [6, 6.07) is 10.1. The van der Waals surface area contributed by atoms with Gasteiger partial charge in [-0.1, -0.05) is 19.1 Å². The second-order valence-corrected chi connectivity index (χ2v) is 5.73. The number of benzene rings is 1. The Morgan fingerprint density at radius 3 is 2.47 bits per heavy atom. The summed E-state index contributed by atoms with van der Waals surface area (Å²) >= 11 is 0.